The Hall–Kier alpha value is -0.390. The van der Waals surface area contributed by atoms with Crippen molar-refractivity contribution in [3.8, 4) is 11.5 Å². The summed E-state index contributed by atoms with van der Waals surface area (Å²) in [6, 6.07) is 1.95. The monoisotopic (exact) mass is 303 g/mol. The van der Waals surface area contributed by atoms with Crippen molar-refractivity contribution in [1.29, 1.82) is 0 Å². The number of methoxy groups -OCH3 is 2. The van der Waals surface area contributed by atoms with Gasteiger partial charge in [-0.1, -0.05) is 0 Å². The lowest BCUT2D eigenvalue weighted by molar-refractivity contribution is 0.390. The molecule has 1 aliphatic rings. The highest BCUT2D eigenvalue weighted by Gasteiger charge is 2.26. The first-order valence-corrected chi connectivity index (χ1v) is 6.90. The minimum Gasteiger partial charge on any atom is -0.496 e. The minimum atomic E-state index is 0.00935. The van der Waals surface area contributed by atoms with E-state index in [9.17, 15) is 0 Å². The van der Waals surface area contributed by atoms with Crippen LogP contribution >= 0.6 is 27.7 Å². The van der Waals surface area contributed by atoms with E-state index in [0.29, 0.717) is 0 Å². The molecule has 0 spiro atoms. The molecule has 5 heteroatoms. The summed E-state index contributed by atoms with van der Waals surface area (Å²) < 4.78 is 11.7. The van der Waals surface area contributed by atoms with Crippen LogP contribution in [-0.4, -0.2) is 20.0 Å². The largest absolute Gasteiger partial charge is 0.496 e. The molecule has 0 aliphatic carbocycles. The first-order valence-electron chi connectivity index (χ1n) is 4.95. The molecule has 88 valence electrons. The summed E-state index contributed by atoms with van der Waals surface area (Å²) >= 11 is 5.31. The van der Waals surface area contributed by atoms with Crippen molar-refractivity contribution in [3.05, 3.63) is 21.7 Å². The van der Waals surface area contributed by atoms with Gasteiger partial charge in [0, 0.05) is 28.7 Å². The Morgan fingerprint density at radius 2 is 2.19 bits per heavy atom. The van der Waals surface area contributed by atoms with Crippen LogP contribution in [0.15, 0.2) is 10.5 Å². The normalized spacial score (nSPS) is 19.1. The summed E-state index contributed by atoms with van der Waals surface area (Å²) in [5.74, 6) is 3.56. The molecule has 3 nitrogen and oxygen atoms in total. The Morgan fingerprint density at radius 3 is 2.81 bits per heavy atom. The predicted molar refractivity (Wildman–Crippen MR) is 70.3 cm³/mol. The number of rotatable bonds is 2. The summed E-state index contributed by atoms with van der Waals surface area (Å²) in [5, 5.41) is 0. The van der Waals surface area contributed by atoms with E-state index in [-0.39, 0.29) is 6.04 Å². The van der Waals surface area contributed by atoms with Crippen LogP contribution in [0.5, 0.6) is 11.5 Å². The van der Waals surface area contributed by atoms with Crippen LogP contribution < -0.4 is 15.2 Å². The molecule has 0 amide bonds. The van der Waals surface area contributed by atoms with Crippen LogP contribution in [0.2, 0.25) is 0 Å². The molecule has 1 heterocycles. The van der Waals surface area contributed by atoms with E-state index in [2.05, 4.69) is 15.9 Å². The van der Waals surface area contributed by atoms with Gasteiger partial charge >= 0.3 is 0 Å². The van der Waals surface area contributed by atoms with Crippen LogP contribution in [-0.2, 0) is 5.75 Å². The molecular weight excluding hydrogens is 290 g/mol. The smallest absolute Gasteiger partial charge is 0.138 e. The molecule has 2 rings (SSSR count). The van der Waals surface area contributed by atoms with E-state index >= 15 is 0 Å². The van der Waals surface area contributed by atoms with Gasteiger partial charge < -0.3 is 15.2 Å². The quantitative estimate of drug-likeness (QED) is 0.912. The molecular formula is C11H14BrNO2S. The molecule has 1 atom stereocenters. The molecule has 1 aromatic carbocycles. The summed E-state index contributed by atoms with van der Waals surface area (Å²) in [5.41, 5.74) is 8.37. The summed E-state index contributed by atoms with van der Waals surface area (Å²) in [6.07, 6.45) is 0. The zero-order valence-corrected chi connectivity index (χ0v) is 11.7. The Kier molecular flexibility index (Phi) is 3.66. The third kappa shape index (κ3) is 1.92. The fraction of sp³-hybridized carbons (Fsp3) is 0.455. The molecule has 1 unspecified atom stereocenters. The second-order valence-corrected chi connectivity index (χ2v) is 5.49. The fourth-order valence-corrected chi connectivity index (χ4v) is 3.59. The number of benzene rings is 1. The first-order chi connectivity index (χ1) is 7.69. The third-order valence-corrected chi connectivity index (χ3v) is 4.36. The molecule has 0 radical (unpaired) electrons. The molecule has 0 fully saturated rings. The highest BCUT2D eigenvalue weighted by atomic mass is 79.9. The van der Waals surface area contributed by atoms with E-state index in [1.807, 2.05) is 17.8 Å². The molecule has 2 N–H and O–H groups in total. The molecule has 0 aromatic heterocycles. The lowest BCUT2D eigenvalue weighted by Crippen LogP contribution is -2.20. The van der Waals surface area contributed by atoms with Crippen LogP contribution in [0.3, 0.4) is 0 Å². The van der Waals surface area contributed by atoms with Gasteiger partial charge in [-0.15, -0.1) is 0 Å². The zero-order valence-electron chi connectivity index (χ0n) is 9.25. The maximum Gasteiger partial charge on any atom is 0.138 e. The minimum absolute atomic E-state index is 0.00935. The molecule has 1 aromatic rings. The van der Waals surface area contributed by atoms with Gasteiger partial charge in [0.25, 0.3) is 0 Å². The van der Waals surface area contributed by atoms with E-state index in [1.54, 1.807) is 14.2 Å². The Labute approximate surface area is 108 Å². The molecule has 0 bridgehead atoms. The fourth-order valence-electron chi connectivity index (χ4n) is 1.97. The van der Waals surface area contributed by atoms with Crippen LogP contribution in [0.25, 0.3) is 0 Å². The number of nitrogens with two attached hydrogens (primary N) is 1. The van der Waals surface area contributed by atoms with Gasteiger partial charge in [-0.2, -0.15) is 11.8 Å². The summed E-state index contributed by atoms with van der Waals surface area (Å²) in [4.78, 5) is 0. The van der Waals surface area contributed by atoms with E-state index in [1.165, 1.54) is 0 Å². The lowest BCUT2D eigenvalue weighted by Gasteiger charge is -2.26. The number of thioether (sulfide) groups is 1. The topological polar surface area (TPSA) is 44.5 Å². The maximum atomic E-state index is 6.14. The summed E-state index contributed by atoms with van der Waals surface area (Å²) in [6.45, 7) is 0. The van der Waals surface area contributed by atoms with Crippen molar-refractivity contribution < 1.29 is 9.47 Å². The van der Waals surface area contributed by atoms with Gasteiger partial charge in [0.2, 0.25) is 0 Å². The highest BCUT2D eigenvalue weighted by molar-refractivity contribution is 9.10. The second kappa shape index (κ2) is 4.85. The average Bonchev–Trinajstić information content (AvgIpc) is 2.29. The number of hydrogen-bond donors (Lipinski definition) is 1. The highest BCUT2D eigenvalue weighted by Crippen LogP contribution is 2.45. The van der Waals surface area contributed by atoms with Crippen molar-refractivity contribution in [2.75, 3.05) is 20.0 Å². The second-order valence-electron chi connectivity index (χ2n) is 3.61. The van der Waals surface area contributed by atoms with Crippen LogP contribution in [0, 0.1) is 0 Å². The molecule has 0 saturated carbocycles. The maximum absolute atomic E-state index is 6.14. The Morgan fingerprint density at radius 1 is 1.44 bits per heavy atom. The van der Waals surface area contributed by atoms with Crippen LogP contribution in [0.1, 0.15) is 17.2 Å². The third-order valence-electron chi connectivity index (χ3n) is 2.68. The van der Waals surface area contributed by atoms with Gasteiger partial charge in [0.1, 0.15) is 11.5 Å². The number of ether oxygens (including phenoxy) is 2. The van der Waals surface area contributed by atoms with Gasteiger partial charge in [-0.25, -0.2) is 0 Å². The molecule has 1 aliphatic heterocycles. The van der Waals surface area contributed by atoms with E-state index in [4.69, 9.17) is 15.2 Å². The van der Waals surface area contributed by atoms with Crippen molar-refractivity contribution >= 4 is 27.7 Å². The van der Waals surface area contributed by atoms with Crippen molar-refractivity contribution in [2.24, 2.45) is 5.73 Å². The Bertz CT molecular complexity index is 411. The SMILES string of the molecule is COc1cc(Br)c(OC)c2c1CSCC2N. The number of fused-ring (bicyclic) bond motifs is 1. The van der Waals surface area contributed by atoms with Crippen molar-refractivity contribution in [1.82, 2.24) is 0 Å². The molecule has 16 heavy (non-hydrogen) atoms. The average molecular weight is 304 g/mol. The van der Waals surface area contributed by atoms with Gasteiger partial charge in [-0.3, -0.25) is 0 Å². The van der Waals surface area contributed by atoms with Crippen molar-refractivity contribution in [3.63, 3.8) is 0 Å². The van der Waals surface area contributed by atoms with Gasteiger partial charge in [0.05, 0.1) is 18.7 Å². The Balaban J connectivity index is 2.66. The van der Waals surface area contributed by atoms with E-state index < -0.39 is 0 Å². The van der Waals surface area contributed by atoms with Crippen molar-refractivity contribution in [2.45, 2.75) is 11.8 Å². The predicted octanol–water partition coefficient (Wildman–Crippen LogP) is 2.71. The van der Waals surface area contributed by atoms with Gasteiger partial charge in [0.15, 0.2) is 0 Å². The van der Waals surface area contributed by atoms with E-state index in [0.717, 1.165) is 38.6 Å². The zero-order chi connectivity index (χ0) is 11.7. The molecule has 0 saturated heterocycles. The first kappa shape index (κ1) is 12.1. The van der Waals surface area contributed by atoms with Gasteiger partial charge in [-0.05, 0) is 22.0 Å². The number of halogens is 1. The lowest BCUT2D eigenvalue weighted by atomic mass is 10.00. The summed E-state index contributed by atoms with van der Waals surface area (Å²) in [7, 11) is 3.35. The van der Waals surface area contributed by atoms with Crippen LogP contribution in [0.4, 0.5) is 0 Å². The number of hydrogen-bond acceptors (Lipinski definition) is 4. The standard InChI is InChI=1S/C11H14BrNO2S/c1-14-9-3-7(12)11(15-2)10-6(9)4-16-5-8(10)13/h3,8H,4-5,13H2,1-2H3.